The van der Waals surface area contributed by atoms with Gasteiger partial charge in [0.2, 0.25) is 4.73 Å². The molecule has 0 saturated heterocycles. The molecule has 0 unspecified atom stereocenters. The van der Waals surface area contributed by atoms with E-state index in [1.807, 2.05) is 6.92 Å². The van der Waals surface area contributed by atoms with Gasteiger partial charge < -0.3 is 14.6 Å². The predicted molar refractivity (Wildman–Crippen MR) is 109 cm³/mol. The van der Waals surface area contributed by atoms with Crippen LogP contribution in [0, 0.1) is 17.8 Å². The molecule has 3 saturated carbocycles. The second kappa shape index (κ2) is 7.41. The minimum atomic E-state index is -0.0894. The monoisotopic (exact) mass is 434 g/mol. The average Bonchev–Trinajstić information content (AvgIpc) is 3.07. The fourth-order valence-electron chi connectivity index (χ4n) is 4.93. The number of carbonyl (C=O) groups is 1. The molecule has 27 heavy (non-hydrogen) atoms. The Kier molecular flexibility index (Phi) is 5.14. The first-order valence-corrected chi connectivity index (χ1v) is 10.8. The van der Waals surface area contributed by atoms with E-state index in [1.165, 1.54) is 12.8 Å². The Morgan fingerprint density at radius 3 is 2.67 bits per heavy atom. The number of fused-ring (bicyclic) bond motifs is 4. The largest absolute Gasteiger partial charge is 0.466 e. The Morgan fingerprint density at radius 2 is 2.00 bits per heavy atom. The number of carbonyl (C=O) groups excluding carboxylic acids is 1. The summed E-state index contributed by atoms with van der Waals surface area (Å²) in [5.74, 6) is 1.55. The molecule has 2 atom stereocenters. The van der Waals surface area contributed by atoms with Crippen LogP contribution in [0.25, 0.3) is 11.0 Å². The van der Waals surface area contributed by atoms with Gasteiger partial charge in [-0.05, 0) is 80.3 Å². The zero-order chi connectivity index (χ0) is 19.1. The molecular weight excluding hydrogens is 408 g/mol. The van der Waals surface area contributed by atoms with Gasteiger partial charge in [-0.3, -0.25) is 4.79 Å². The Bertz CT molecular complexity index is 842. The van der Waals surface area contributed by atoms with E-state index < -0.39 is 0 Å². The van der Waals surface area contributed by atoms with Gasteiger partial charge in [-0.25, -0.2) is 9.97 Å². The van der Waals surface area contributed by atoms with Gasteiger partial charge in [0.1, 0.15) is 11.5 Å². The highest BCUT2D eigenvalue weighted by Gasteiger charge is 2.48. The van der Waals surface area contributed by atoms with Crippen molar-refractivity contribution in [3.8, 4) is 0 Å². The van der Waals surface area contributed by atoms with Crippen molar-refractivity contribution in [2.24, 2.45) is 17.8 Å². The van der Waals surface area contributed by atoms with Crippen LogP contribution in [0.15, 0.2) is 17.0 Å². The SMILES string of the molecule is CCOC(=O)[C@@H]1C2CCC(CC2)[C@H]1Nc1nc(Br)nc2c1ccn2C(C)C. The van der Waals surface area contributed by atoms with Crippen LogP contribution in [0.2, 0.25) is 0 Å². The van der Waals surface area contributed by atoms with Crippen LogP contribution in [0.5, 0.6) is 0 Å². The van der Waals surface area contributed by atoms with Crippen molar-refractivity contribution in [2.45, 2.75) is 58.5 Å². The summed E-state index contributed by atoms with van der Waals surface area (Å²) in [6.45, 7) is 6.58. The van der Waals surface area contributed by atoms with E-state index in [4.69, 9.17) is 4.74 Å². The number of rotatable bonds is 5. The van der Waals surface area contributed by atoms with Gasteiger partial charge in [0.05, 0.1) is 17.9 Å². The number of aromatic nitrogens is 3. The van der Waals surface area contributed by atoms with Crippen molar-refractivity contribution >= 4 is 38.8 Å². The Balaban J connectivity index is 1.70. The maximum atomic E-state index is 12.7. The fraction of sp³-hybridized carbons (Fsp3) is 0.650. The number of hydrogen-bond donors (Lipinski definition) is 1. The van der Waals surface area contributed by atoms with Crippen molar-refractivity contribution in [1.82, 2.24) is 14.5 Å². The number of hydrogen-bond acceptors (Lipinski definition) is 5. The van der Waals surface area contributed by atoms with Gasteiger partial charge in [-0.2, -0.15) is 0 Å². The van der Waals surface area contributed by atoms with Crippen LogP contribution in [-0.4, -0.2) is 33.2 Å². The molecule has 0 aromatic carbocycles. The lowest BCUT2D eigenvalue weighted by Gasteiger charge is -2.47. The lowest BCUT2D eigenvalue weighted by atomic mass is 9.61. The standard InChI is InChI=1S/C20H27BrN4O2/c1-4-27-19(26)15-12-5-7-13(8-6-12)16(15)22-17-14-9-10-25(11(2)3)18(14)24-20(21)23-17/h9-13,15-16H,4-8H2,1-3H3,(H,22,23,24)/t12?,13?,15-,16-/m1/s1. The second-order valence-corrected chi connectivity index (χ2v) is 8.73. The third kappa shape index (κ3) is 3.35. The number of ether oxygens (including phenoxy) is 1. The van der Waals surface area contributed by atoms with E-state index >= 15 is 0 Å². The fourth-order valence-corrected chi connectivity index (χ4v) is 5.27. The summed E-state index contributed by atoms with van der Waals surface area (Å²) < 4.78 is 8.13. The van der Waals surface area contributed by atoms with Gasteiger partial charge in [0.15, 0.2) is 0 Å². The Morgan fingerprint density at radius 1 is 1.30 bits per heavy atom. The third-order valence-corrected chi connectivity index (χ3v) is 6.54. The Hall–Kier alpha value is -1.63. The summed E-state index contributed by atoms with van der Waals surface area (Å²) in [5.41, 5.74) is 0.906. The maximum absolute atomic E-state index is 12.7. The zero-order valence-corrected chi connectivity index (χ0v) is 17.7. The number of nitrogens with one attached hydrogen (secondary N) is 1. The maximum Gasteiger partial charge on any atom is 0.311 e. The minimum Gasteiger partial charge on any atom is -0.466 e. The molecule has 7 heteroatoms. The van der Waals surface area contributed by atoms with Crippen molar-refractivity contribution in [3.63, 3.8) is 0 Å². The van der Waals surface area contributed by atoms with Gasteiger partial charge in [-0.15, -0.1) is 0 Å². The molecule has 0 spiro atoms. The highest BCUT2D eigenvalue weighted by Crippen LogP contribution is 2.47. The van der Waals surface area contributed by atoms with Crippen LogP contribution >= 0.6 is 15.9 Å². The van der Waals surface area contributed by atoms with Crippen molar-refractivity contribution in [1.29, 1.82) is 0 Å². The van der Waals surface area contributed by atoms with Crippen LogP contribution in [0.3, 0.4) is 0 Å². The number of halogens is 1. The minimum absolute atomic E-state index is 0.0616. The molecule has 1 N–H and O–H groups in total. The lowest BCUT2D eigenvalue weighted by molar-refractivity contribution is -0.154. The van der Waals surface area contributed by atoms with Crippen LogP contribution in [0.4, 0.5) is 5.82 Å². The molecule has 0 aliphatic heterocycles. The van der Waals surface area contributed by atoms with Gasteiger partial charge in [0.25, 0.3) is 0 Å². The molecule has 3 fully saturated rings. The van der Waals surface area contributed by atoms with Gasteiger partial charge in [0, 0.05) is 18.3 Å². The molecule has 2 aromatic heterocycles. The summed E-state index contributed by atoms with van der Waals surface area (Å²) in [5, 5.41) is 4.64. The quantitative estimate of drug-likeness (QED) is 0.551. The molecule has 2 bridgehead atoms. The molecule has 2 aromatic rings. The average molecular weight is 435 g/mol. The van der Waals surface area contributed by atoms with E-state index in [2.05, 4.69) is 61.9 Å². The molecule has 2 heterocycles. The first-order chi connectivity index (χ1) is 13.0. The normalized spacial score (nSPS) is 27.3. The third-order valence-electron chi connectivity index (χ3n) is 6.18. The highest BCUT2D eigenvalue weighted by molar-refractivity contribution is 9.10. The first-order valence-electron chi connectivity index (χ1n) is 9.96. The van der Waals surface area contributed by atoms with Crippen LogP contribution < -0.4 is 5.32 Å². The van der Waals surface area contributed by atoms with E-state index in [0.717, 1.165) is 29.7 Å². The topological polar surface area (TPSA) is 69.0 Å². The van der Waals surface area contributed by atoms with Gasteiger partial charge in [-0.1, -0.05) is 0 Å². The summed E-state index contributed by atoms with van der Waals surface area (Å²) in [4.78, 5) is 21.9. The van der Waals surface area contributed by atoms with E-state index in [1.54, 1.807) is 0 Å². The van der Waals surface area contributed by atoms with Crippen LogP contribution in [-0.2, 0) is 9.53 Å². The molecule has 146 valence electrons. The summed E-state index contributed by atoms with van der Waals surface area (Å²) in [6, 6.07) is 2.45. The zero-order valence-electron chi connectivity index (χ0n) is 16.1. The van der Waals surface area contributed by atoms with Crippen molar-refractivity contribution < 1.29 is 9.53 Å². The number of anilines is 1. The van der Waals surface area contributed by atoms with Crippen LogP contribution in [0.1, 0.15) is 52.5 Å². The lowest BCUT2D eigenvalue weighted by Crippen LogP contribution is -2.52. The molecular formula is C20H27BrN4O2. The molecule has 3 aliphatic carbocycles. The number of esters is 1. The Labute approximate surface area is 168 Å². The molecule has 6 nitrogen and oxygen atoms in total. The second-order valence-electron chi connectivity index (χ2n) is 8.02. The van der Waals surface area contributed by atoms with Gasteiger partial charge >= 0.3 is 5.97 Å². The molecule has 0 radical (unpaired) electrons. The van der Waals surface area contributed by atoms with Crippen molar-refractivity contribution in [3.05, 3.63) is 17.0 Å². The molecule has 5 rings (SSSR count). The van der Waals surface area contributed by atoms with E-state index in [-0.39, 0.29) is 17.9 Å². The number of nitrogens with zero attached hydrogens (tertiary/aromatic N) is 3. The molecule has 0 amide bonds. The smallest absolute Gasteiger partial charge is 0.311 e. The van der Waals surface area contributed by atoms with E-state index in [0.29, 0.717) is 29.2 Å². The molecule has 3 aliphatic rings. The highest BCUT2D eigenvalue weighted by atomic mass is 79.9. The van der Waals surface area contributed by atoms with Crippen molar-refractivity contribution in [2.75, 3.05) is 11.9 Å². The summed E-state index contributed by atoms with van der Waals surface area (Å²) in [7, 11) is 0. The first kappa shape index (κ1) is 18.7. The van der Waals surface area contributed by atoms with E-state index in [9.17, 15) is 4.79 Å². The summed E-state index contributed by atoms with van der Waals surface area (Å²) >= 11 is 3.46. The summed E-state index contributed by atoms with van der Waals surface area (Å²) in [6.07, 6.45) is 6.64. The predicted octanol–water partition coefficient (Wildman–Crippen LogP) is 4.55.